The van der Waals surface area contributed by atoms with Crippen LogP contribution < -0.4 is 16.0 Å². The second kappa shape index (κ2) is 11.2. The van der Waals surface area contributed by atoms with Gasteiger partial charge in [0.1, 0.15) is 5.82 Å². The van der Waals surface area contributed by atoms with Gasteiger partial charge >= 0.3 is 0 Å². The van der Waals surface area contributed by atoms with Gasteiger partial charge in [-0.05, 0) is 55.5 Å². The van der Waals surface area contributed by atoms with E-state index >= 15 is 0 Å². The molecular formula is C28H25ClN6O2S2. The minimum atomic E-state index is -0.640. The molecule has 3 aromatic rings. The molecule has 1 atom stereocenters. The van der Waals surface area contributed by atoms with Crippen molar-refractivity contribution in [2.24, 2.45) is 5.73 Å². The highest BCUT2D eigenvalue weighted by molar-refractivity contribution is 8.01. The van der Waals surface area contributed by atoms with E-state index in [0.29, 0.717) is 50.6 Å². The first-order valence-corrected chi connectivity index (χ1v) is 14.5. The molecule has 5 rings (SSSR count). The first-order valence-electron chi connectivity index (χ1n) is 12.3. The summed E-state index contributed by atoms with van der Waals surface area (Å²) in [5.41, 5.74) is 11.7. The van der Waals surface area contributed by atoms with Crippen molar-refractivity contribution < 1.29 is 9.59 Å². The zero-order valence-electron chi connectivity index (χ0n) is 21.3. The lowest BCUT2D eigenvalue weighted by molar-refractivity contribution is -0.116. The average Bonchev–Trinajstić information content (AvgIpc) is 3.38. The summed E-state index contributed by atoms with van der Waals surface area (Å²) >= 11 is 9.04. The number of thioether (sulfide) groups is 1. The van der Waals surface area contributed by atoms with Crippen molar-refractivity contribution in [3.05, 3.63) is 86.8 Å². The Hall–Kier alpha value is -3.65. The van der Waals surface area contributed by atoms with Crippen LogP contribution in [-0.4, -0.2) is 27.6 Å². The minimum Gasteiger partial charge on any atom is -0.384 e. The summed E-state index contributed by atoms with van der Waals surface area (Å²) in [7, 11) is 0. The number of carbonyl (C=O) groups excluding carboxylic acids is 2. The molecule has 0 bridgehead atoms. The number of nitrogens with one attached hydrogen (secondary N) is 1. The summed E-state index contributed by atoms with van der Waals surface area (Å²) < 4.78 is 0.574. The van der Waals surface area contributed by atoms with E-state index < -0.39 is 5.92 Å². The average molecular weight is 577 g/mol. The number of anilines is 2. The maximum atomic E-state index is 13.3. The van der Waals surface area contributed by atoms with Gasteiger partial charge in [0.25, 0.3) is 0 Å². The van der Waals surface area contributed by atoms with Crippen molar-refractivity contribution >= 4 is 57.2 Å². The Morgan fingerprint density at radius 3 is 2.79 bits per heavy atom. The highest BCUT2D eigenvalue weighted by Crippen LogP contribution is 2.48. The molecule has 8 nitrogen and oxygen atoms in total. The first kappa shape index (κ1) is 26.9. The number of rotatable bonds is 6. The Bertz CT molecular complexity index is 1590. The van der Waals surface area contributed by atoms with Gasteiger partial charge in [-0.3, -0.25) is 14.5 Å². The van der Waals surface area contributed by atoms with Crippen molar-refractivity contribution in [2.45, 2.75) is 43.4 Å². The van der Waals surface area contributed by atoms with Crippen LogP contribution >= 0.6 is 34.7 Å². The minimum absolute atomic E-state index is 0.0337. The zero-order chi connectivity index (χ0) is 27.7. The van der Waals surface area contributed by atoms with Crippen LogP contribution in [0.4, 0.5) is 10.8 Å². The molecule has 1 aliphatic carbocycles. The summed E-state index contributed by atoms with van der Waals surface area (Å²) in [5, 5.41) is 22.6. The highest BCUT2D eigenvalue weighted by Gasteiger charge is 2.41. The number of halogens is 1. The van der Waals surface area contributed by atoms with Crippen molar-refractivity contribution in [1.29, 1.82) is 5.26 Å². The lowest BCUT2D eigenvalue weighted by Gasteiger charge is -2.38. The predicted molar refractivity (Wildman–Crippen MR) is 155 cm³/mol. The standard InChI is InChI=1S/C28H25ClN6O2S2/c1-15-7-5-10-20(16(15)2)32-23(37)14-38-28-34-33-27(39-28)35-21-11-6-12-22(36)25(21)24(18(13-30)26(35)31)17-8-3-4-9-19(17)29/h3-5,7-10,24H,6,11-12,14,31H2,1-2H3,(H,32,37). The van der Waals surface area contributed by atoms with Crippen LogP contribution in [0.3, 0.4) is 0 Å². The number of nitrogens with two attached hydrogens (primary N) is 1. The van der Waals surface area contributed by atoms with E-state index in [1.807, 2.05) is 44.2 Å². The molecule has 0 saturated heterocycles. The SMILES string of the molecule is Cc1cccc(NC(=O)CSc2nnc(N3C(N)=C(C#N)C(c4ccccc4Cl)C4=C3CCCC4=O)s2)c1C. The third-order valence-electron chi connectivity index (χ3n) is 6.92. The molecule has 1 amide bonds. The number of nitrogens with zero attached hydrogens (tertiary/aromatic N) is 4. The number of hydrogen-bond donors (Lipinski definition) is 2. The molecule has 2 aliphatic rings. The van der Waals surface area contributed by atoms with Crippen LogP contribution in [0.5, 0.6) is 0 Å². The number of carbonyl (C=O) groups is 2. The maximum Gasteiger partial charge on any atom is 0.234 e. The van der Waals surface area contributed by atoms with E-state index in [1.165, 1.54) is 23.1 Å². The number of benzene rings is 2. The molecule has 1 aromatic heterocycles. The van der Waals surface area contributed by atoms with E-state index in [4.69, 9.17) is 17.3 Å². The molecular weight excluding hydrogens is 552 g/mol. The number of amides is 1. The van der Waals surface area contributed by atoms with Crippen LogP contribution in [0, 0.1) is 25.2 Å². The fraction of sp³-hybridized carbons (Fsp3) is 0.250. The fourth-order valence-electron chi connectivity index (χ4n) is 4.88. The molecule has 11 heteroatoms. The Balaban J connectivity index is 1.42. The molecule has 2 heterocycles. The lowest BCUT2D eigenvalue weighted by Crippen LogP contribution is -2.38. The van der Waals surface area contributed by atoms with Crippen LogP contribution in [0.25, 0.3) is 0 Å². The largest absolute Gasteiger partial charge is 0.384 e. The van der Waals surface area contributed by atoms with E-state index in [9.17, 15) is 14.9 Å². The molecule has 0 fully saturated rings. The summed E-state index contributed by atoms with van der Waals surface area (Å²) in [6.07, 6.45) is 1.65. The van der Waals surface area contributed by atoms with E-state index in [0.717, 1.165) is 16.8 Å². The van der Waals surface area contributed by atoms with Crippen molar-refractivity contribution in [1.82, 2.24) is 10.2 Å². The number of ketones is 1. The van der Waals surface area contributed by atoms with Gasteiger partial charge in [0.15, 0.2) is 10.1 Å². The van der Waals surface area contributed by atoms with Crippen molar-refractivity contribution in [3.63, 3.8) is 0 Å². The Labute approximate surface area is 239 Å². The van der Waals surface area contributed by atoms with Gasteiger partial charge in [0.2, 0.25) is 11.0 Å². The van der Waals surface area contributed by atoms with Crippen molar-refractivity contribution in [3.8, 4) is 6.07 Å². The van der Waals surface area contributed by atoms with Gasteiger partial charge < -0.3 is 11.1 Å². The van der Waals surface area contributed by atoms with E-state index in [-0.39, 0.29) is 28.8 Å². The predicted octanol–water partition coefficient (Wildman–Crippen LogP) is 5.84. The molecule has 3 N–H and O–H groups in total. The number of Topliss-reactive ketones (excluding diaryl/α,β-unsaturated/α-hetero) is 1. The van der Waals surface area contributed by atoms with E-state index in [1.54, 1.807) is 17.0 Å². The highest BCUT2D eigenvalue weighted by atomic mass is 35.5. The van der Waals surface area contributed by atoms with Crippen LogP contribution in [-0.2, 0) is 9.59 Å². The number of nitriles is 1. The third kappa shape index (κ3) is 5.17. The molecule has 0 spiro atoms. The zero-order valence-corrected chi connectivity index (χ0v) is 23.7. The monoisotopic (exact) mass is 576 g/mol. The Morgan fingerprint density at radius 1 is 1.23 bits per heavy atom. The molecule has 0 radical (unpaired) electrons. The van der Waals surface area contributed by atoms with Gasteiger partial charge in [-0.15, -0.1) is 10.2 Å². The molecule has 198 valence electrons. The second-order valence-corrected chi connectivity index (χ2v) is 11.9. The first-order chi connectivity index (χ1) is 18.8. The molecule has 1 aliphatic heterocycles. The lowest BCUT2D eigenvalue weighted by atomic mass is 9.76. The van der Waals surface area contributed by atoms with E-state index in [2.05, 4.69) is 21.6 Å². The second-order valence-electron chi connectivity index (χ2n) is 9.27. The number of hydrogen-bond acceptors (Lipinski definition) is 9. The quantitative estimate of drug-likeness (QED) is 0.350. The summed E-state index contributed by atoms with van der Waals surface area (Å²) in [4.78, 5) is 27.6. The Morgan fingerprint density at radius 2 is 2.03 bits per heavy atom. The van der Waals surface area contributed by atoms with Crippen molar-refractivity contribution in [2.75, 3.05) is 16.0 Å². The number of aryl methyl sites for hydroxylation is 1. The Kier molecular flexibility index (Phi) is 7.75. The van der Waals surface area contributed by atoms with Crippen LogP contribution in [0.1, 0.15) is 41.9 Å². The summed E-state index contributed by atoms with van der Waals surface area (Å²) in [6.45, 7) is 3.97. The maximum absolute atomic E-state index is 13.3. The summed E-state index contributed by atoms with van der Waals surface area (Å²) in [5.74, 6) is -0.471. The third-order valence-corrected chi connectivity index (χ3v) is 9.31. The van der Waals surface area contributed by atoms with Crippen LogP contribution in [0.15, 0.2) is 69.5 Å². The fourth-order valence-corrected chi connectivity index (χ4v) is 6.80. The smallest absolute Gasteiger partial charge is 0.234 e. The van der Waals surface area contributed by atoms with Crippen LogP contribution in [0.2, 0.25) is 5.02 Å². The molecule has 39 heavy (non-hydrogen) atoms. The number of aromatic nitrogens is 2. The van der Waals surface area contributed by atoms with Gasteiger partial charge in [-0.2, -0.15) is 5.26 Å². The topological polar surface area (TPSA) is 125 Å². The molecule has 2 aromatic carbocycles. The van der Waals surface area contributed by atoms with Gasteiger partial charge in [0, 0.05) is 28.4 Å². The van der Waals surface area contributed by atoms with Gasteiger partial charge in [-0.25, -0.2) is 0 Å². The van der Waals surface area contributed by atoms with Gasteiger partial charge in [0.05, 0.1) is 23.3 Å². The van der Waals surface area contributed by atoms with Gasteiger partial charge in [-0.1, -0.05) is 65.0 Å². The molecule has 0 saturated carbocycles. The summed E-state index contributed by atoms with van der Waals surface area (Å²) in [6, 6.07) is 15.2. The normalized spacial score (nSPS) is 17.2. The number of allylic oxidation sites excluding steroid dienone is 3. The molecule has 1 unspecified atom stereocenters.